The Morgan fingerprint density at radius 2 is 2.31 bits per heavy atom. The highest BCUT2D eigenvalue weighted by atomic mass is 79.9. The van der Waals surface area contributed by atoms with Gasteiger partial charge >= 0.3 is 0 Å². The number of carbonyl (C=O) groups is 1. The van der Waals surface area contributed by atoms with Gasteiger partial charge in [0.25, 0.3) is 5.91 Å². The van der Waals surface area contributed by atoms with Gasteiger partial charge < -0.3 is 10.6 Å². The molecule has 2 rings (SSSR count). The zero-order valence-corrected chi connectivity index (χ0v) is 10.2. The van der Waals surface area contributed by atoms with Crippen molar-refractivity contribution in [1.29, 1.82) is 0 Å². The summed E-state index contributed by atoms with van der Waals surface area (Å²) in [4.78, 5) is 13.7. The van der Waals surface area contributed by atoms with Crippen LogP contribution in [0, 0.1) is 5.82 Å². The molecule has 0 radical (unpaired) electrons. The summed E-state index contributed by atoms with van der Waals surface area (Å²) in [7, 11) is 0. The molecular weight excluding hydrogens is 275 g/mol. The van der Waals surface area contributed by atoms with Crippen molar-refractivity contribution in [2.24, 2.45) is 5.73 Å². The molecule has 0 bridgehead atoms. The van der Waals surface area contributed by atoms with E-state index in [0.717, 1.165) is 6.42 Å². The van der Waals surface area contributed by atoms with Gasteiger partial charge in [-0.1, -0.05) is 6.07 Å². The minimum Gasteiger partial charge on any atom is -0.337 e. The van der Waals surface area contributed by atoms with Crippen LogP contribution in [-0.2, 0) is 0 Å². The Labute approximate surface area is 102 Å². The Morgan fingerprint density at radius 3 is 2.94 bits per heavy atom. The lowest BCUT2D eigenvalue weighted by Gasteiger charge is -2.16. The van der Waals surface area contributed by atoms with Crippen molar-refractivity contribution in [3.63, 3.8) is 0 Å². The number of hydrogen-bond acceptors (Lipinski definition) is 2. The molecule has 1 aliphatic heterocycles. The fourth-order valence-electron chi connectivity index (χ4n) is 1.81. The van der Waals surface area contributed by atoms with Gasteiger partial charge in [0, 0.05) is 19.1 Å². The Kier molecular flexibility index (Phi) is 3.25. The summed E-state index contributed by atoms with van der Waals surface area (Å²) in [5, 5.41) is 0. The lowest BCUT2D eigenvalue weighted by atomic mass is 10.2. The summed E-state index contributed by atoms with van der Waals surface area (Å²) in [6, 6.07) is 4.50. The normalized spacial score (nSPS) is 20.2. The van der Waals surface area contributed by atoms with Crippen LogP contribution in [0.1, 0.15) is 16.8 Å². The SMILES string of the molecule is N[C@H]1CCN(C(=O)c2cccc(F)c2Br)C1. The molecule has 1 heterocycles. The predicted octanol–water partition coefficient (Wildman–Crippen LogP) is 1.76. The molecule has 3 nitrogen and oxygen atoms in total. The lowest BCUT2D eigenvalue weighted by molar-refractivity contribution is 0.0789. The summed E-state index contributed by atoms with van der Waals surface area (Å²) in [5.41, 5.74) is 6.08. The van der Waals surface area contributed by atoms with Crippen LogP contribution < -0.4 is 5.73 Å². The van der Waals surface area contributed by atoms with Crippen LogP contribution in [0.3, 0.4) is 0 Å². The van der Waals surface area contributed by atoms with Gasteiger partial charge in [-0.25, -0.2) is 4.39 Å². The van der Waals surface area contributed by atoms with Crippen LogP contribution in [0.15, 0.2) is 22.7 Å². The molecule has 1 atom stereocenters. The van der Waals surface area contributed by atoms with Crippen LogP contribution >= 0.6 is 15.9 Å². The molecule has 86 valence electrons. The highest BCUT2D eigenvalue weighted by molar-refractivity contribution is 9.10. The standard InChI is InChI=1S/C11H12BrFN2O/c12-10-8(2-1-3-9(10)13)11(16)15-5-4-7(14)6-15/h1-3,7H,4-6,14H2/t7-/m0/s1. The van der Waals surface area contributed by atoms with Crippen LogP contribution in [0.4, 0.5) is 4.39 Å². The summed E-state index contributed by atoms with van der Waals surface area (Å²) >= 11 is 3.09. The van der Waals surface area contributed by atoms with Crippen molar-refractivity contribution < 1.29 is 9.18 Å². The third kappa shape index (κ3) is 2.10. The van der Waals surface area contributed by atoms with E-state index in [1.807, 2.05) is 0 Å². The molecule has 0 aromatic heterocycles. The number of benzene rings is 1. The van der Waals surface area contributed by atoms with Crippen molar-refractivity contribution >= 4 is 21.8 Å². The van der Waals surface area contributed by atoms with Crippen molar-refractivity contribution in [2.45, 2.75) is 12.5 Å². The van der Waals surface area contributed by atoms with Crippen LogP contribution in [0.2, 0.25) is 0 Å². The van der Waals surface area contributed by atoms with Crippen molar-refractivity contribution in [3.8, 4) is 0 Å². The van der Waals surface area contributed by atoms with Crippen molar-refractivity contribution in [2.75, 3.05) is 13.1 Å². The third-order valence-electron chi connectivity index (χ3n) is 2.69. The smallest absolute Gasteiger partial charge is 0.255 e. The van der Waals surface area contributed by atoms with Gasteiger partial charge in [0.15, 0.2) is 0 Å². The molecule has 1 aromatic carbocycles. The Morgan fingerprint density at radius 1 is 1.56 bits per heavy atom. The molecule has 5 heteroatoms. The number of nitrogens with two attached hydrogens (primary N) is 1. The number of amides is 1. The van der Waals surface area contributed by atoms with Crippen LogP contribution in [0.5, 0.6) is 0 Å². The number of halogens is 2. The zero-order chi connectivity index (χ0) is 11.7. The topological polar surface area (TPSA) is 46.3 Å². The average molecular weight is 287 g/mol. The quantitative estimate of drug-likeness (QED) is 0.855. The number of likely N-dealkylation sites (tertiary alicyclic amines) is 1. The second-order valence-electron chi connectivity index (χ2n) is 3.90. The summed E-state index contributed by atoms with van der Waals surface area (Å²) < 4.78 is 13.5. The van der Waals surface area contributed by atoms with Crippen molar-refractivity contribution in [3.05, 3.63) is 34.1 Å². The number of hydrogen-bond donors (Lipinski definition) is 1. The molecule has 16 heavy (non-hydrogen) atoms. The fourth-order valence-corrected chi connectivity index (χ4v) is 2.25. The number of carbonyl (C=O) groups excluding carboxylic acids is 1. The maximum atomic E-state index is 13.3. The molecular formula is C11H12BrFN2O. The molecule has 0 saturated carbocycles. The van der Waals surface area contributed by atoms with E-state index >= 15 is 0 Å². The van der Waals surface area contributed by atoms with Gasteiger partial charge in [-0.2, -0.15) is 0 Å². The molecule has 0 spiro atoms. The minimum absolute atomic E-state index is 0.0382. The maximum absolute atomic E-state index is 13.3. The van der Waals surface area contributed by atoms with Gasteiger partial charge in [-0.15, -0.1) is 0 Å². The summed E-state index contributed by atoms with van der Waals surface area (Å²) in [6.45, 7) is 1.19. The Balaban J connectivity index is 2.24. The molecule has 2 N–H and O–H groups in total. The summed E-state index contributed by atoms with van der Waals surface area (Å²) in [6.07, 6.45) is 0.804. The maximum Gasteiger partial charge on any atom is 0.255 e. The molecule has 1 fully saturated rings. The Bertz CT molecular complexity index is 424. The van der Waals surface area contributed by atoms with Gasteiger partial charge in [-0.3, -0.25) is 4.79 Å². The molecule has 0 unspecified atom stereocenters. The molecule has 1 aromatic rings. The monoisotopic (exact) mass is 286 g/mol. The number of rotatable bonds is 1. The van der Waals surface area contributed by atoms with Gasteiger partial charge in [-0.05, 0) is 34.5 Å². The molecule has 1 amide bonds. The molecule has 0 aliphatic carbocycles. The van der Waals surface area contributed by atoms with E-state index in [1.165, 1.54) is 12.1 Å². The third-order valence-corrected chi connectivity index (χ3v) is 3.50. The van der Waals surface area contributed by atoms with Crippen molar-refractivity contribution in [1.82, 2.24) is 4.90 Å². The van der Waals surface area contributed by atoms with E-state index < -0.39 is 5.82 Å². The number of nitrogens with zero attached hydrogens (tertiary/aromatic N) is 1. The first kappa shape index (κ1) is 11.5. The van der Waals surface area contributed by atoms with E-state index in [4.69, 9.17) is 5.73 Å². The van der Waals surface area contributed by atoms with E-state index in [1.54, 1.807) is 11.0 Å². The van der Waals surface area contributed by atoms with E-state index in [2.05, 4.69) is 15.9 Å². The summed E-state index contributed by atoms with van der Waals surface area (Å²) in [5.74, 6) is -0.589. The molecule has 1 saturated heterocycles. The fraction of sp³-hybridized carbons (Fsp3) is 0.364. The van der Waals surface area contributed by atoms with E-state index in [-0.39, 0.29) is 16.4 Å². The van der Waals surface area contributed by atoms with E-state index in [0.29, 0.717) is 18.7 Å². The van der Waals surface area contributed by atoms with Gasteiger partial charge in [0.1, 0.15) is 5.82 Å². The second kappa shape index (κ2) is 4.51. The zero-order valence-electron chi connectivity index (χ0n) is 8.62. The first-order valence-corrected chi connectivity index (χ1v) is 5.87. The van der Waals surface area contributed by atoms with Crippen LogP contribution in [-0.4, -0.2) is 29.9 Å². The molecule has 1 aliphatic rings. The largest absolute Gasteiger partial charge is 0.337 e. The second-order valence-corrected chi connectivity index (χ2v) is 4.69. The minimum atomic E-state index is -0.422. The van der Waals surface area contributed by atoms with E-state index in [9.17, 15) is 9.18 Å². The first-order valence-electron chi connectivity index (χ1n) is 5.08. The van der Waals surface area contributed by atoms with Crippen LogP contribution in [0.25, 0.3) is 0 Å². The highest BCUT2D eigenvalue weighted by Gasteiger charge is 2.26. The highest BCUT2D eigenvalue weighted by Crippen LogP contribution is 2.23. The van der Waals surface area contributed by atoms with Gasteiger partial charge in [0.05, 0.1) is 10.0 Å². The Hall–Kier alpha value is -0.940. The first-order chi connectivity index (χ1) is 7.59. The van der Waals surface area contributed by atoms with Gasteiger partial charge in [0.2, 0.25) is 0 Å². The predicted molar refractivity (Wildman–Crippen MR) is 62.6 cm³/mol. The average Bonchev–Trinajstić information content (AvgIpc) is 2.68. The lowest BCUT2D eigenvalue weighted by Crippen LogP contribution is -2.32.